The summed E-state index contributed by atoms with van der Waals surface area (Å²) in [5, 5.41) is 30.0. The van der Waals surface area contributed by atoms with E-state index in [0.29, 0.717) is 0 Å². The maximum atomic E-state index is 12.7. The van der Waals surface area contributed by atoms with E-state index in [0.717, 1.165) is 12.1 Å². The second-order valence-corrected chi connectivity index (χ2v) is 6.26. The SMILES string of the molecule is O=C(O)c1cccc(NC(=O)c2ccccc2Oc2ccc(C(=O)O)c(C(=O)O)c2)c1. The summed E-state index contributed by atoms with van der Waals surface area (Å²) >= 11 is 0. The van der Waals surface area contributed by atoms with Crippen LogP contribution in [0.25, 0.3) is 0 Å². The molecule has 0 saturated carbocycles. The Labute approximate surface area is 175 Å². The lowest BCUT2D eigenvalue weighted by atomic mass is 10.1. The molecule has 0 atom stereocenters. The first-order valence-electron chi connectivity index (χ1n) is 8.78. The molecule has 0 fully saturated rings. The minimum absolute atomic E-state index is 0.00190. The van der Waals surface area contributed by atoms with Crippen molar-refractivity contribution in [2.75, 3.05) is 5.32 Å². The molecular formula is C22H15NO8. The van der Waals surface area contributed by atoms with Crippen molar-refractivity contribution in [3.63, 3.8) is 0 Å². The van der Waals surface area contributed by atoms with Crippen LogP contribution in [0.4, 0.5) is 5.69 Å². The van der Waals surface area contributed by atoms with E-state index in [9.17, 15) is 24.3 Å². The van der Waals surface area contributed by atoms with Gasteiger partial charge in [0.15, 0.2) is 0 Å². The van der Waals surface area contributed by atoms with E-state index < -0.39 is 34.9 Å². The Morgan fingerprint density at radius 3 is 2.06 bits per heavy atom. The van der Waals surface area contributed by atoms with Crippen LogP contribution in [-0.4, -0.2) is 39.1 Å². The Hall–Kier alpha value is -4.66. The molecule has 3 aromatic rings. The molecular weight excluding hydrogens is 406 g/mol. The fraction of sp³-hybridized carbons (Fsp3) is 0. The zero-order chi connectivity index (χ0) is 22.5. The number of aromatic carboxylic acids is 3. The molecule has 0 heterocycles. The predicted octanol–water partition coefficient (Wildman–Crippen LogP) is 3.83. The largest absolute Gasteiger partial charge is 0.478 e. The lowest BCUT2D eigenvalue weighted by molar-refractivity contribution is 0.0651. The lowest BCUT2D eigenvalue weighted by Gasteiger charge is -2.13. The highest BCUT2D eigenvalue weighted by molar-refractivity contribution is 6.07. The number of amides is 1. The van der Waals surface area contributed by atoms with Gasteiger partial charge in [-0.15, -0.1) is 0 Å². The second-order valence-electron chi connectivity index (χ2n) is 6.26. The number of carboxylic acids is 3. The summed E-state index contributed by atoms with van der Waals surface area (Å²) in [6, 6.07) is 15.3. The van der Waals surface area contributed by atoms with Gasteiger partial charge in [0.05, 0.1) is 22.3 Å². The van der Waals surface area contributed by atoms with Crippen molar-refractivity contribution >= 4 is 29.5 Å². The summed E-state index contributed by atoms with van der Waals surface area (Å²) < 4.78 is 5.64. The molecule has 3 aromatic carbocycles. The number of carboxylic acid groups (broad SMARTS) is 3. The molecule has 1 amide bonds. The highest BCUT2D eigenvalue weighted by atomic mass is 16.5. The Kier molecular flexibility index (Phi) is 5.97. The summed E-state index contributed by atoms with van der Waals surface area (Å²) in [4.78, 5) is 46.4. The molecule has 0 aliphatic carbocycles. The smallest absolute Gasteiger partial charge is 0.336 e. The number of anilines is 1. The highest BCUT2D eigenvalue weighted by Gasteiger charge is 2.19. The quantitative estimate of drug-likeness (QED) is 0.449. The van der Waals surface area contributed by atoms with Crippen LogP contribution in [-0.2, 0) is 0 Å². The maximum absolute atomic E-state index is 12.7. The lowest BCUT2D eigenvalue weighted by Crippen LogP contribution is -2.13. The molecule has 0 unspecified atom stereocenters. The Morgan fingerprint density at radius 2 is 1.39 bits per heavy atom. The summed E-state index contributed by atoms with van der Waals surface area (Å²) in [5.74, 6) is -4.44. The van der Waals surface area contributed by atoms with Gasteiger partial charge in [-0.25, -0.2) is 14.4 Å². The van der Waals surface area contributed by atoms with Crippen molar-refractivity contribution < 1.29 is 39.2 Å². The van der Waals surface area contributed by atoms with Crippen molar-refractivity contribution in [1.82, 2.24) is 0 Å². The van der Waals surface area contributed by atoms with Crippen LogP contribution in [0.5, 0.6) is 11.5 Å². The summed E-state index contributed by atoms with van der Waals surface area (Å²) in [6.45, 7) is 0. The molecule has 9 heteroatoms. The third kappa shape index (κ3) is 4.85. The Balaban J connectivity index is 1.89. The maximum Gasteiger partial charge on any atom is 0.336 e. The first kappa shape index (κ1) is 21.1. The van der Waals surface area contributed by atoms with Crippen molar-refractivity contribution in [1.29, 1.82) is 0 Å². The van der Waals surface area contributed by atoms with E-state index in [4.69, 9.17) is 14.9 Å². The topological polar surface area (TPSA) is 150 Å². The van der Waals surface area contributed by atoms with Gasteiger partial charge in [-0.05, 0) is 48.5 Å². The Bertz CT molecular complexity index is 1200. The van der Waals surface area contributed by atoms with Crippen LogP contribution in [0.3, 0.4) is 0 Å². The number of benzene rings is 3. The molecule has 0 bridgehead atoms. The number of carbonyl (C=O) groups is 4. The van der Waals surface area contributed by atoms with Crippen LogP contribution in [0.15, 0.2) is 66.7 Å². The number of para-hydroxylation sites is 1. The predicted molar refractivity (Wildman–Crippen MR) is 108 cm³/mol. The molecule has 0 radical (unpaired) electrons. The van der Waals surface area contributed by atoms with Crippen LogP contribution in [0.2, 0.25) is 0 Å². The fourth-order valence-corrected chi connectivity index (χ4v) is 2.75. The average molecular weight is 421 g/mol. The number of rotatable bonds is 7. The minimum atomic E-state index is -1.44. The van der Waals surface area contributed by atoms with E-state index >= 15 is 0 Å². The van der Waals surface area contributed by atoms with Crippen LogP contribution in [0, 0.1) is 0 Å². The van der Waals surface area contributed by atoms with Gasteiger partial charge >= 0.3 is 17.9 Å². The number of hydrogen-bond acceptors (Lipinski definition) is 5. The number of nitrogens with one attached hydrogen (secondary N) is 1. The summed E-state index contributed by atoms with van der Waals surface area (Å²) in [5.41, 5.74) is -0.496. The molecule has 9 nitrogen and oxygen atoms in total. The van der Waals surface area contributed by atoms with Crippen LogP contribution in [0.1, 0.15) is 41.4 Å². The van der Waals surface area contributed by atoms with Gasteiger partial charge in [-0.2, -0.15) is 0 Å². The van der Waals surface area contributed by atoms with Crippen molar-refractivity contribution in [3.8, 4) is 11.5 Å². The van der Waals surface area contributed by atoms with E-state index in [-0.39, 0.29) is 28.3 Å². The highest BCUT2D eigenvalue weighted by Crippen LogP contribution is 2.28. The minimum Gasteiger partial charge on any atom is -0.478 e. The van der Waals surface area contributed by atoms with Crippen molar-refractivity contribution in [2.45, 2.75) is 0 Å². The monoisotopic (exact) mass is 421 g/mol. The zero-order valence-corrected chi connectivity index (χ0v) is 15.7. The molecule has 3 rings (SSSR count). The Morgan fingerprint density at radius 1 is 0.677 bits per heavy atom. The summed E-state index contributed by atoms with van der Waals surface area (Å²) in [6.07, 6.45) is 0. The zero-order valence-electron chi connectivity index (χ0n) is 15.7. The normalized spacial score (nSPS) is 10.2. The first-order valence-corrected chi connectivity index (χ1v) is 8.78. The molecule has 0 aliphatic heterocycles. The van der Waals surface area contributed by atoms with Crippen LogP contribution >= 0.6 is 0 Å². The molecule has 0 aromatic heterocycles. The molecule has 0 saturated heterocycles. The molecule has 4 N–H and O–H groups in total. The standard InChI is InChI=1S/C22H15NO8/c24-19(23-13-5-3-4-12(10-13)20(25)26)16-6-1-2-7-18(16)31-14-8-9-15(21(27)28)17(11-14)22(29)30/h1-11H,(H,23,24)(H,25,26)(H,27,28)(H,29,30). The van der Waals surface area contributed by atoms with E-state index in [1.807, 2.05) is 0 Å². The average Bonchev–Trinajstić information content (AvgIpc) is 2.74. The van der Waals surface area contributed by atoms with E-state index in [1.165, 1.54) is 42.5 Å². The van der Waals surface area contributed by atoms with Gasteiger partial charge in [-0.1, -0.05) is 18.2 Å². The molecule has 31 heavy (non-hydrogen) atoms. The third-order valence-electron chi connectivity index (χ3n) is 4.18. The van der Waals surface area contributed by atoms with Gasteiger partial charge in [0.25, 0.3) is 5.91 Å². The molecule has 0 aliphatic rings. The number of hydrogen-bond donors (Lipinski definition) is 4. The third-order valence-corrected chi connectivity index (χ3v) is 4.18. The summed E-state index contributed by atoms with van der Waals surface area (Å²) in [7, 11) is 0. The van der Waals surface area contributed by atoms with Gasteiger partial charge in [0.2, 0.25) is 0 Å². The van der Waals surface area contributed by atoms with E-state index in [2.05, 4.69) is 5.32 Å². The molecule has 0 spiro atoms. The van der Waals surface area contributed by atoms with Gasteiger partial charge < -0.3 is 25.4 Å². The van der Waals surface area contributed by atoms with Crippen LogP contribution < -0.4 is 10.1 Å². The number of carbonyl (C=O) groups excluding carboxylic acids is 1. The first-order chi connectivity index (χ1) is 14.8. The van der Waals surface area contributed by atoms with Gasteiger partial charge in [0, 0.05) is 5.69 Å². The second kappa shape index (κ2) is 8.78. The van der Waals surface area contributed by atoms with Crippen molar-refractivity contribution in [2.24, 2.45) is 0 Å². The van der Waals surface area contributed by atoms with Gasteiger partial charge in [-0.3, -0.25) is 4.79 Å². The van der Waals surface area contributed by atoms with Gasteiger partial charge in [0.1, 0.15) is 11.5 Å². The number of ether oxygens (including phenoxy) is 1. The van der Waals surface area contributed by atoms with Crippen molar-refractivity contribution in [3.05, 3.63) is 89.0 Å². The molecule has 156 valence electrons. The fourth-order valence-electron chi connectivity index (χ4n) is 2.75. The van der Waals surface area contributed by atoms with E-state index in [1.54, 1.807) is 12.1 Å².